The van der Waals surface area contributed by atoms with E-state index in [0.717, 1.165) is 13.0 Å². The number of epoxide rings is 2. The van der Waals surface area contributed by atoms with E-state index in [9.17, 15) is 0 Å². The highest BCUT2D eigenvalue weighted by molar-refractivity contribution is 5.94. The van der Waals surface area contributed by atoms with Gasteiger partial charge in [-0.15, -0.1) is 0 Å². The first-order valence-electron chi connectivity index (χ1n) is 8.23. The quantitative estimate of drug-likeness (QED) is 0.795. The monoisotopic (exact) mass is 302 g/mol. The second-order valence-electron chi connectivity index (χ2n) is 6.39. The minimum Gasteiger partial charge on any atom is -0.373 e. The molecule has 2 aromatic carbocycles. The lowest BCUT2D eigenvalue weighted by Crippen LogP contribution is -2.10. The first-order valence-corrected chi connectivity index (χ1v) is 8.23. The van der Waals surface area contributed by atoms with Gasteiger partial charge in [0.25, 0.3) is 0 Å². The molecule has 2 aliphatic heterocycles. The van der Waals surface area contributed by atoms with Gasteiger partial charge in [0, 0.05) is 6.42 Å². The van der Waals surface area contributed by atoms with Crippen molar-refractivity contribution in [2.24, 2.45) is 0 Å². The van der Waals surface area contributed by atoms with E-state index in [1.54, 1.807) is 0 Å². The molecule has 2 aromatic rings. The second kappa shape index (κ2) is 5.19. The Morgan fingerprint density at radius 2 is 1.52 bits per heavy atom. The number of ether oxygens (including phenoxy) is 2. The number of rotatable bonds is 4. The topological polar surface area (TPSA) is 25.1 Å². The first kappa shape index (κ1) is 13.3. The van der Waals surface area contributed by atoms with Gasteiger partial charge in [-0.05, 0) is 33.9 Å². The van der Waals surface area contributed by atoms with Crippen LogP contribution in [-0.4, -0.2) is 24.9 Å². The van der Waals surface area contributed by atoms with Crippen molar-refractivity contribution < 1.29 is 9.47 Å². The van der Waals surface area contributed by atoms with Crippen LogP contribution in [0.1, 0.15) is 17.5 Å². The summed E-state index contributed by atoms with van der Waals surface area (Å²) < 4.78 is 11.5. The van der Waals surface area contributed by atoms with Crippen LogP contribution >= 0.6 is 0 Å². The van der Waals surface area contributed by atoms with Crippen molar-refractivity contribution in [1.29, 1.82) is 0 Å². The average molecular weight is 302 g/mol. The number of hydrogen-bond acceptors (Lipinski definition) is 2. The number of allylic oxidation sites excluding steroid dienone is 1. The molecule has 2 heteroatoms. The molecule has 3 aliphatic rings. The van der Waals surface area contributed by atoms with Crippen LogP contribution in [-0.2, 0) is 9.47 Å². The standard InChI is InChI=1S/C21H18O2/c1-3-7-14(8-4-1)17-12-19-21(23-19)20(15-9-5-2-6-10-15)18(17)11-16-13-22-16/h1-10,12,16,19,21H,11,13H2. The fourth-order valence-electron chi connectivity index (χ4n) is 3.54. The van der Waals surface area contributed by atoms with Gasteiger partial charge in [0.05, 0.1) is 12.7 Å². The van der Waals surface area contributed by atoms with Crippen molar-refractivity contribution in [1.82, 2.24) is 0 Å². The molecule has 1 aliphatic carbocycles. The van der Waals surface area contributed by atoms with Crippen LogP contribution in [0.3, 0.4) is 0 Å². The lowest BCUT2D eigenvalue weighted by atomic mass is 9.82. The summed E-state index contributed by atoms with van der Waals surface area (Å²) in [5, 5.41) is 0. The first-order chi connectivity index (χ1) is 11.4. The van der Waals surface area contributed by atoms with E-state index < -0.39 is 0 Å². The smallest absolute Gasteiger partial charge is 0.114 e. The third kappa shape index (κ3) is 2.44. The Balaban J connectivity index is 1.67. The van der Waals surface area contributed by atoms with Gasteiger partial charge in [-0.2, -0.15) is 0 Å². The Hall–Kier alpha value is -2.16. The van der Waals surface area contributed by atoms with E-state index in [-0.39, 0.29) is 12.2 Å². The molecule has 0 bridgehead atoms. The van der Waals surface area contributed by atoms with Crippen molar-refractivity contribution in [3.05, 3.63) is 83.4 Å². The maximum atomic E-state index is 5.95. The molecule has 2 fully saturated rings. The van der Waals surface area contributed by atoms with E-state index in [2.05, 4.69) is 66.7 Å². The normalized spacial score (nSPS) is 28.2. The third-order valence-corrected chi connectivity index (χ3v) is 4.79. The van der Waals surface area contributed by atoms with E-state index in [0.29, 0.717) is 6.10 Å². The highest BCUT2D eigenvalue weighted by Gasteiger charge is 2.46. The van der Waals surface area contributed by atoms with Crippen LogP contribution in [0.2, 0.25) is 0 Å². The summed E-state index contributed by atoms with van der Waals surface area (Å²) in [6, 6.07) is 21.3. The van der Waals surface area contributed by atoms with Gasteiger partial charge in [-0.25, -0.2) is 0 Å². The van der Waals surface area contributed by atoms with Crippen molar-refractivity contribution in [3.63, 3.8) is 0 Å². The fourth-order valence-corrected chi connectivity index (χ4v) is 3.54. The van der Waals surface area contributed by atoms with E-state index in [4.69, 9.17) is 9.47 Å². The van der Waals surface area contributed by atoms with Crippen LogP contribution in [0.25, 0.3) is 11.1 Å². The van der Waals surface area contributed by atoms with Crippen molar-refractivity contribution in [3.8, 4) is 0 Å². The van der Waals surface area contributed by atoms with Crippen LogP contribution in [0, 0.1) is 0 Å². The molecule has 114 valence electrons. The average Bonchev–Trinajstić information content (AvgIpc) is 3.51. The van der Waals surface area contributed by atoms with Gasteiger partial charge in [0.15, 0.2) is 0 Å². The molecule has 0 amide bonds. The molecule has 3 unspecified atom stereocenters. The van der Waals surface area contributed by atoms with Crippen molar-refractivity contribution >= 4 is 11.1 Å². The van der Waals surface area contributed by atoms with Gasteiger partial charge < -0.3 is 9.47 Å². The SMILES string of the molecule is C1=C(c2ccccc2)C(CC2CO2)=C(c2ccccc2)C2OC12. The second-order valence-corrected chi connectivity index (χ2v) is 6.39. The molecule has 0 radical (unpaired) electrons. The van der Waals surface area contributed by atoms with Crippen LogP contribution in [0.5, 0.6) is 0 Å². The molecule has 5 rings (SSSR count). The molecule has 2 nitrogen and oxygen atoms in total. The zero-order valence-electron chi connectivity index (χ0n) is 12.8. The molecular weight excluding hydrogens is 284 g/mol. The van der Waals surface area contributed by atoms with Gasteiger partial charge in [0.1, 0.15) is 12.2 Å². The lowest BCUT2D eigenvalue weighted by Gasteiger charge is -2.20. The van der Waals surface area contributed by atoms with Gasteiger partial charge in [0.2, 0.25) is 0 Å². The Morgan fingerprint density at radius 3 is 2.17 bits per heavy atom. The maximum absolute atomic E-state index is 5.95. The molecule has 0 N–H and O–H groups in total. The summed E-state index contributed by atoms with van der Waals surface area (Å²) in [7, 11) is 0. The summed E-state index contributed by atoms with van der Waals surface area (Å²) in [4.78, 5) is 0. The van der Waals surface area contributed by atoms with Gasteiger partial charge >= 0.3 is 0 Å². The van der Waals surface area contributed by atoms with Crippen LogP contribution in [0.4, 0.5) is 0 Å². The molecule has 0 spiro atoms. The van der Waals surface area contributed by atoms with Crippen molar-refractivity contribution in [2.75, 3.05) is 6.61 Å². The van der Waals surface area contributed by atoms with Crippen LogP contribution < -0.4 is 0 Å². The molecular formula is C21H18O2. The summed E-state index contributed by atoms with van der Waals surface area (Å²) in [6.07, 6.45) is 4.08. The van der Waals surface area contributed by atoms with E-state index >= 15 is 0 Å². The largest absolute Gasteiger partial charge is 0.373 e. The highest BCUT2D eigenvalue weighted by Crippen LogP contribution is 2.49. The lowest BCUT2D eigenvalue weighted by molar-refractivity contribution is 0.407. The molecule has 3 atom stereocenters. The zero-order valence-corrected chi connectivity index (χ0v) is 12.8. The Kier molecular flexibility index (Phi) is 3.00. The summed E-state index contributed by atoms with van der Waals surface area (Å²) >= 11 is 0. The van der Waals surface area contributed by atoms with Gasteiger partial charge in [-0.1, -0.05) is 60.7 Å². The Bertz CT molecular complexity index is 785. The molecule has 0 saturated carbocycles. The Labute approximate surface area is 136 Å². The minimum atomic E-state index is 0.221. The minimum absolute atomic E-state index is 0.221. The number of benzene rings is 2. The highest BCUT2D eigenvalue weighted by atomic mass is 16.6. The van der Waals surface area contributed by atoms with E-state index in [1.165, 1.54) is 27.8 Å². The van der Waals surface area contributed by atoms with Gasteiger partial charge in [-0.3, -0.25) is 0 Å². The molecule has 2 heterocycles. The predicted molar refractivity (Wildman–Crippen MR) is 90.8 cm³/mol. The van der Waals surface area contributed by atoms with Crippen LogP contribution in [0.15, 0.2) is 72.3 Å². The number of hydrogen-bond donors (Lipinski definition) is 0. The molecule has 23 heavy (non-hydrogen) atoms. The van der Waals surface area contributed by atoms with E-state index in [1.807, 2.05) is 0 Å². The fraction of sp³-hybridized carbons (Fsp3) is 0.238. The number of fused-ring (bicyclic) bond motifs is 1. The zero-order chi connectivity index (χ0) is 15.2. The summed E-state index contributed by atoms with van der Waals surface area (Å²) in [6.45, 7) is 0.878. The summed E-state index contributed by atoms with van der Waals surface area (Å²) in [5.74, 6) is 0. The molecule has 0 aromatic heterocycles. The molecule has 2 saturated heterocycles. The third-order valence-electron chi connectivity index (χ3n) is 4.79. The predicted octanol–water partition coefficient (Wildman–Crippen LogP) is 4.09. The summed E-state index contributed by atoms with van der Waals surface area (Å²) in [5.41, 5.74) is 6.61. The maximum Gasteiger partial charge on any atom is 0.114 e. The van der Waals surface area contributed by atoms with Crippen molar-refractivity contribution in [2.45, 2.75) is 24.7 Å². The Morgan fingerprint density at radius 1 is 0.870 bits per heavy atom.